The van der Waals surface area contributed by atoms with Crippen LogP contribution in [0.4, 0.5) is 0 Å². The number of alkyl halides is 1. The van der Waals surface area contributed by atoms with Crippen LogP contribution >= 0.6 is 11.6 Å². The summed E-state index contributed by atoms with van der Waals surface area (Å²) in [6.45, 7) is 7.98. The van der Waals surface area contributed by atoms with E-state index in [1.54, 1.807) is 6.20 Å². The maximum absolute atomic E-state index is 5.79. The fraction of sp³-hybridized carbons (Fsp3) is 0.545. The van der Waals surface area contributed by atoms with Gasteiger partial charge in [-0.25, -0.2) is 0 Å². The van der Waals surface area contributed by atoms with E-state index in [1.807, 2.05) is 33.8 Å². The molecule has 0 amide bonds. The molecule has 0 aliphatic heterocycles. The van der Waals surface area contributed by atoms with Crippen LogP contribution in [0.15, 0.2) is 12.3 Å². The summed E-state index contributed by atoms with van der Waals surface area (Å²) in [7, 11) is 0. The largest absolute Gasteiger partial charge is 0.488 e. The lowest BCUT2D eigenvalue weighted by Gasteiger charge is -2.22. The van der Waals surface area contributed by atoms with Gasteiger partial charge in [0.05, 0.1) is 5.88 Å². The second kappa shape index (κ2) is 4.18. The van der Waals surface area contributed by atoms with Crippen LogP contribution in [0.3, 0.4) is 0 Å². The van der Waals surface area contributed by atoms with Crippen LogP contribution in [0.25, 0.3) is 0 Å². The molecule has 3 heteroatoms. The van der Waals surface area contributed by atoms with Gasteiger partial charge in [-0.1, -0.05) is 0 Å². The molecule has 2 nitrogen and oxygen atoms in total. The summed E-state index contributed by atoms with van der Waals surface area (Å²) >= 11 is 5.79. The van der Waals surface area contributed by atoms with E-state index in [9.17, 15) is 0 Å². The molecule has 78 valence electrons. The third-order valence-electron chi connectivity index (χ3n) is 1.64. The molecule has 0 fully saturated rings. The molecular formula is C11H16ClNO. The van der Waals surface area contributed by atoms with Crippen molar-refractivity contribution in [1.29, 1.82) is 0 Å². The highest BCUT2D eigenvalue weighted by Gasteiger charge is 2.14. The average Bonchev–Trinajstić information content (AvgIpc) is 2.01. The fourth-order valence-corrected chi connectivity index (χ4v) is 1.29. The van der Waals surface area contributed by atoms with Crippen molar-refractivity contribution >= 4 is 11.6 Å². The Balaban J connectivity index is 2.99. The molecule has 1 aromatic rings. The number of halogens is 1. The number of ether oxygens (including phenoxy) is 1. The minimum Gasteiger partial charge on any atom is -0.488 e. The van der Waals surface area contributed by atoms with E-state index in [2.05, 4.69) is 4.98 Å². The summed E-state index contributed by atoms with van der Waals surface area (Å²) in [6.07, 6.45) is 1.77. The van der Waals surface area contributed by atoms with Crippen molar-refractivity contribution in [3.05, 3.63) is 23.5 Å². The molecule has 0 aromatic carbocycles. The molecule has 0 bridgehead atoms. The van der Waals surface area contributed by atoms with Gasteiger partial charge in [0, 0.05) is 23.5 Å². The molecule has 1 rings (SSSR count). The Bertz CT molecular complexity index is 318. The Morgan fingerprint density at radius 1 is 1.43 bits per heavy atom. The second-order valence-electron chi connectivity index (χ2n) is 4.28. The highest BCUT2D eigenvalue weighted by atomic mass is 35.5. The third-order valence-corrected chi connectivity index (χ3v) is 1.93. The van der Waals surface area contributed by atoms with Gasteiger partial charge in [-0.05, 0) is 27.7 Å². The predicted molar refractivity (Wildman–Crippen MR) is 58.9 cm³/mol. The SMILES string of the molecule is Cc1cc(OC(C)(C)C)c(CCl)cn1. The zero-order valence-electron chi connectivity index (χ0n) is 9.10. The van der Waals surface area contributed by atoms with Crippen LogP contribution in [0.5, 0.6) is 5.75 Å². The number of aromatic nitrogens is 1. The molecule has 0 aliphatic carbocycles. The summed E-state index contributed by atoms with van der Waals surface area (Å²) in [5.41, 5.74) is 1.68. The molecule has 0 saturated heterocycles. The molecule has 0 N–H and O–H groups in total. The van der Waals surface area contributed by atoms with E-state index < -0.39 is 0 Å². The van der Waals surface area contributed by atoms with Crippen molar-refractivity contribution in [3.63, 3.8) is 0 Å². The van der Waals surface area contributed by atoms with Gasteiger partial charge >= 0.3 is 0 Å². The summed E-state index contributed by atoms with van der Waals surface area (Å²) in [4.78, 5) is 4.18. The highest BCUT2D eigenvalue weighted by molar-refractivity contribution is 6.17. The lowest BCUT2D eigenvalue weighted by Crippen LogP contribution is -2.23. The zero-order chi connectivity index (χ0) is 10.8. The van der Waals surface area contributed by atoms with Gasteiger partial charge in [-0.3, -0.25) is 4.98 Å². The Hall–Kier alpha value is -0.760. The van der Waals surface area contributed by atoms with Crippen LogP contribution in [0.1, 0.15) is 32.0 Å². The van der Waals surface area contributed by atoms with Crippen LogP contribution < -0.4 is 4.74 Å². The first kappa shape index (κ1) is 11.3. The van der Waals surface area contributed by atoms with Gasteiger partial charge in [0.15, 0.2) is 0 Å². The van der Waals surface area contributed by atoms with Crippen LogP contribution in [-0.4, -0.2) is 10.6 Å². The minimum atomic E-state index is -0.200. The Kier molecular flexibility index (Phi) is 3.38. The number of hydrogen-bond acceptors (Lipinski definition) is 2. The molecule has 0 atom stereocenters. The maximum atomic E-state index is 5.79. The van der Waals surface area contributed by atoms with E-state index in [0.717, 1.165) is 17.0 Å². The van der Waals surface area contributed by atoms with E-state index in [4.69, 9.17) is 16.3 Å². The number of rotatable bonds is 2. The van der Waals surface area contributed by atoms with Crippen LogP contribution in [-0.2, 0) is 5.88 Å². The second-order valence-corrected chi connectivity index (χ2v) is 4.55. The standard InChI is InChI=1S/C11H16ClNO/c1-8-5-10(14-11(2,3)4)9(6-12)7-13-8/h5,7H,6H2,1-4H3. The van der Waals surface area contributed by atoms with E-state index in [1.165, 1.54) is 0 Å². The van der Waals surface area contributed by atoms with Crippen molar-refractivity contribution in [1.82, 2.24) is 4.98 Å². The van der Waals surface area contributed by atoms with E-state index in [-0.39, 0.29) is 5.60 Å². The van der Waals surface area contributed by atoms with Gasteiger partial charge in [-0.2, -0.15) is 0 Å². The summed E-state index contributed by atoms with van der Waals surface area (Å²) in [5, 5.41) is 0. The van der Waals surface area contributed by atoms with E-state index >= 15 is 0 Å². The van der Waals surface area contributed by atoms with Crippen LogP contribution in [0, 0.1) is 6.92 Å². The van der Waals surface area contributed by atoms with Gasteiger partial charge in [-0.15, -0.1) is 11.6 Å². The van der Waals surface area contributed by atoms with Crippen molar-refractivity contribution < 1.29 is 4.74 Å². The number of pyridine rings is 1. The number of aryl methyl sites for hydroxylation is 1. The maximum Gasteiger partial charge on any atom is 0.127 e. The lowest BCUT2D eigenvalue weighted by atomic mass is 10.2. The lowest BCUT2D eigenvalue weighted by molar-refractivity contribution is 0.129. The first-order valence-corrected chi connectivity index (χ1v) is 5.16. The van der Waals surface area contributed by atoms with Gasteiger partial charge in [0.2, 0.25) is 0 Å². The first-order chi connectivity index (χ1) is 6.42. The van der Waals surface area contributed by atoms with Gasteiger partial charge < -0.3 is 4.74 Å². The third kappa shape index (κ3) is 3.18. The summed E-state index contributed by atoms with van der Waals surface area (Å²) < 4.78 is 5.78. The summed E-state index contributed by atoms with van der Waals surface area (Å²) in [6, 6.07) is 1.92. The molecule has 1 heterocycles. The van der Waals surface area contributed by atoms with Crippen molar-refractivity contribution in [2.24, 2.45) is 0 Å². The number of hydrogen-bond donors (Lipinski definition) is 0. The molecule has 0 spiro atoms. The molecule has 0 aliphatic rings. The summed E-state index contributed by atoms with van der Waals surface area (Å²) in [5.74, 6) is 1.26. The first-order valence-electron chi connectivity index (χ1n) is 4.63. The van der Waals surface area contributed by atoms with Crippen molar-refractivity contribution in [3.8, 4) is 5.75 Å². The van der Waals surface area contributed by atoms with Gasteiger partial charge in [0.1, 0.15) is 11.4 Å². The smallest absolute Gasteiger partial charge is 0.127 e. The Morgan fingerprint density at radius 2 is 2.07 bits per heavy atom. The Morgan fingerprint density at radius 3 is 2.57 bits per heavy atom. The molecule has 0 radical (unpaired) electrons. The molecular weight excluding hydrogens is 198 g/mol. The van der Waals surface area contributed by atoms with Gasteiger partial charge in [0.25, 0.3) is 0 Å². The van der Waals surface area contributed by atoms with E-state index in [0.29, 0.717) is 5.88 Å². The monoisotopic (exact) mass is 213 g/mol. The normalized spacial score (nSPS) is 11.5. The predicted octanol–water partition coefficient (Wildman–Crippen LogP) is 3.31. The highest BCUT2D eigenvalue weighted by Crippen LogP contribution is 2.24. The van der Waals surface area contributed by atoms with Crippen LogP contribution in [0.2, 0.25) is 0 Å². The Labute approximate surface area is 90.3 Å². The van der Waals surface area contributed by atoms with Crippen molar-refractivity contribution in [2.75, 3.05) is 0 Å². The molecule has 0 saturated carbocycles. The molecule has 0 unspecified atom stereocenters. The number of nitrogens with zero attached hydrogens (tertiary/aromatic N) is 1. The zero-order valence-corrected chi connectivity index (χ0v) is 9.85. The minimum absolute atomic E-state index is 0.200. The molecule has 14 heavy (non-hydrogen) atoms. The molecule has 1 aromatic heterocycles. The topological polar surface area (TPSA) is 22.1 Å². The van der Waals surface area contributed by atoms with Crippen molar-refractivity contribution in [2.45, 2.75) is 39.2 Å². The average molecular weight is 214 g/mol. The fourth-order valence-electron chi connectivity index (χ4n) is 1.09. The quantitative estimate of drug-likeness (QED) is 0.704.